The third-order valence-electron chi connectivity index (χ3n) is 7.81. The van der Waals surface area contributed by atoms with Crippen molar-refractivity contribution >= 4 is 41.0 Å². The highest BCUT2D eigenvalue weighted by Crippen LogP contribution is 2.57. The molecule has 0 spiro atoms. The van der Waals surface area contributed by atoms with E-state index in [9.17, 15) is 19.5 Å². The average molecular weight is 579 g/mol. The summed E-state index contributed by atoms with van der Waals surface area (Å²) < 4.78 is 11.5. The molecule has 0 heterocycles. The topological polar surface area (TPSA) is 102 Å². The predicted octanol–water partition coefficient (Wildman–Crippen LogP) is 6.47. The Kier molecular flexibility index (Phi) is 9.28. The summed E-state index contributed by atoms with van der Waals surface area (Å²) in [5.41, 5.74) is -0.851. The highest BCUT2D eigenvalue weighted by molar-refractivity contribution is 6.35. The lowest BCUT2D eigenvalue weighted by Crippen LogP contribution is -2.50. The predicted molar refractivity (Wildman–Crippen MR) is 151 cm³/mol. The zero-order valence-electron chi connectivity index (χ0n) is 23.3. The van der Waals surface area contributed by atoms with E-state index < -0.39 is 34.4 Å². The summed E-state index contributed by atoms with van der Waals surface area (Å²) in [6.45, 7) is 11.2. The lowest BCUT2D eigenvalue weighted by atomic mass is 9.65. The van der Waals surface area contributed by atoms with E-state index in [1.165, 1.54) is 0 Å². The second kappa shape index (κ2) is 11.8. The maximum absolute atomic E-state index is 13.3. The molecule has 1 saturated carbocycles. The summed E-state index contributed by atoms with van der Waals surface area (Å²) in [7, 11) is 0. The number of aliphatic carboxylic acids is 1. The van der Waals surface area contributed by atoms with Gasteiger partial charge in [0.2, 0.25) is 5.91 Å². The van der Waals surface area contributed by atoms with Crippen LogP contribution in [0.15, 0.2) is 42.5 Å². The molecular weight excluding hydrogens is 541 g/mol. The Bertz CT molecular complexity index is 1200. The van der Waals surface area contributed by atoms with Crippen molar-refractivity contribution in [1.29, 1.82) is 0 Å². The van der Waals surface area contributed by atoms with Crippen LogP contribution >= 0.6 is 23.2 Å². The number of hydrogen-bond acceptors (Lipinski definition) is 5. The molecule has 2 N–H and O–H groups in total. The van der Waals surface area contributed by atoms with Crippen LogP contribution in [0, 0.1) is 16.7 Å². The number of carboxylic acid groups (broad SMARTS) is 1. The number of ether oxygens (including phenoxy) is 2. The normalized spacial score (nSPS) is 21.2. The lowest BCUT2D eigenvalue weighted by molar-refractivity contribution is -0.173. The van der Waals surface area contributed by atoms with Crippen molar-refractivity contribution in [3.63, 3.8) is 0 Å². The summed E-state index contributed by atoms with van der Waals surface area (Å²) in [4.78, 5) is 38.4. The van der Waals surface area contributed by atoms with Crippen molar-refractivity contribution in [3.05, 3.63) is 63.6 Å². The van der Waals surface area contributed by atoms with Crippen LogP contribution in [0.4, 0.5) is 0 Å². The van der Waals surface area contributed by atoms with Crippen molar-refractivity contribution in [3.8, 4) is 5.75 Å². The second-order valence-corrected chi connectivity index (χ2v) is 12.7. The number of carboxylic acids is 1. The van der Waals surface area contributed by atoms with Gasteiger partial charge in [-0.05, 0) is 75.8 Å². The van der Waals surface area contributed by atoms with Gasteiger partial charge in [0.15, 0.2) is 0 Å². The Morgan fingerprint density at radius 1 is 1.05 bits per heavy atom. The van der Waals surface area contributed by atoms with Gasteiger partial charge in [-0.1, -0.05) is 55.2 Å². The summed E-state index contributed by atoms with van der Waals surface area (Å²) in [6.07, 6.45) is 1.03. The molecule has 0 radical (unpaired) electrons. The number of nitrogens with one attached hydrogen (secondary N) is 1. The van der Waals surface area contributed by atoms with E-state index in [0.717, 1.165) is 5.56 Å². The highest BCUT2D eigenvalue weighted by Gasteiger charge is 2.59. The zero-order chi connectivity index (χ0) is 29.2. The van der Waals surface area contributed by atoms with E-state index in [1.807, 2.05) is 41.5 Å². The molecule has 0 unspecified atom stereocenters. The number of rotatable bonds is 9. The fourth-order valence-electron chi connectivity index (χ4n) is 4.97. The van der Waals surface area contributed by atoms with Crippen LogP contribution in [0.3, 0.4) is 0 Å². The van der Waals surface area contributed by atoms with Crippen molar-refractivity contribution < 1.29 is 29.0 Å². The molecule has 0 aromatic heterocycles. The van der Waals surface area contributed by atoms with Gasteiger partial charge in [0, 0.05) is 27.9 Å². The molecule has 1 fully saturated rings. The molecule has 7 nitrogen and oxygen atoms in total. The third-order valence-corrected chi connectivity index (χ3v) is 8.52. The molecule has 3 atom stereocenters. The Labute approximate surface area is 240 Å². The van der Waals surface area contributed by atoms with E-state index in [0.29, 0.717) is 34.2 Å². The van der Waals surface area contributed by atoms with Crippen molar-refractivity contribution in [2.75, 3.05) is 0 Å². The molecule has 1 aliphatic rings. The fraction of sp³-hybridized carbons (Fsp3) is 0.500. The number of esters is 1. The fourth-order valence-corrected chi connectivity index (χ4v) is 5.48. The van der Waals surface area contributed by atoms with E-state index in [4.69, 9.17) is 32.7 Å². The number of halogens is 2. The summed E-state index contributed by atoms with van der Waals surface area (Å²) in [5.74, 6) is -1.83. The van der Waals surface area contributed by atoms with Gasteiger partial charge in [-0.25, -0.2) is 4.79 Å². The maximum atomic E-state index is 13.3. The first-order valence-corrected chi connectivity index (χ1v) is 13.7. The van der Waals surface area contributed by atoms with Gasteiger partial charge in [0.1, 0.15) is 24.0 Å². The van der Waals surface area contributed by atoms with Crippen molar-refractivity contribution in [1.82, 2.24) is 5.32 Å². The first-order chi connectivity index (χ1) is 18.0. The van der Waals surface area contributed by atoms with Crippen LogP contribution in [0.25, 0.3) is 0 Å². The maximum Gasteiger partial charge on any atom is 0.326 e. The van der Waals surface area contributed by atoms with Crippen LogP contribution in [0.1, 0.15) is 65.5 Å². The van der Waals surface area contributed by atoms with Gasteiger partial charge in [-0.2, -0.15) is 0 Å². The van der Waals surface area contributed by atoms with Crippen LogP contribution in [0.2, 0.25) is 10.0 Å². The zero-order valence-corrected chi connectivity index (χ0v) is 24.8. The average Bonchev–Trinajstić information content (AvgIpc) is 3.07. The van der Waals surface area contributed by atoms with Crippen LogP contribution in [0.5, 0.6) is 5.75 Å². The SMILES string of the molecule is CC(C)(C)OC(=O)[C@]1(C)CC[C@H](C(=O)N[C@@H](Cc2ccc(OCc3c(Cl)cccc3Cl)cc2)C(=O)O)C1(C)C. The molecule has 39 heavy (non-hydrogen) atoms. The molecule has 1 amide bonds. The second-order valence-electron chi connectivity index (χ2n) is 11.9. The number of carbonyl (C=O) groups is 3. The Balaban J connectivity index is 1.65. The first-order valence-electron chi connectivity index (χ1n) is 13.0. The summed E-state index contributed by atoms with van der Waals surface area (Å²) >= 11 is 12.4. The highest BCUT2D eigenvalue weighted by atomic mass is 35.5. The number of hydrogen-bond donors (Lipinski definition) is 2. The first kappa shape index (κ1) is 30.8. The van der Waals surface area contributed by atoms with E-state index in [2.05, 4.69) is 5.32 Å². The number of benzene rings is 2. The minimum absolute atomic E-state index is 0.0914. The molecule has 0 saturated heterocycles. The number of amides is 1. The van der Waals surface area contributed by atoms with Gasteiger partial charge < -0.3 is 19.9 Å². The van der Waals surface area contributed by atoms with E-state index >= 15 is 0 Å². The van der Waals surface area contributed by atoms with Gasteiger partial charge in [-0.15, -0.1) is 0 Å². The molecule has 0 aliphatic heterocycles. The number of carbonyl (C=O) groups excluding carboxylic acids is 2. The molecule has 1 aliphatic carbocycles. The lowest BCUT2D eigenvalue weighted by Gasteiger charge is -2.40. The van der Waals surface area contributed by atoms with E-state index in [1.54, 1.807) is 42.5 Å². The monoisotopic (exact) mass is 577 g/mol. The Hall–Kier alpha value is -2.77. The molecule has 2 aromatic rings. The van der Waals surface area contributed by atoms with Crippen molar-refractivity contribution in [2.24, 2.45) is 16.7 Å². The van der Waals surface area contributed by atoms with Crippen molar-refractivity contribution in [2.45, 2.75) is 79.1 Å². The minimum Gasteiger partial charge on any atom is -0.489 e. The van der Waals surface area contributed by atoms with Crippen LogP contribution < -0.4 is 10.1 Å². The molecule has 3 rings (SSSR count). The summed E-state index contributed by atoms with van der Waals surface area (Å²) in [6, 6.07) is 11.1. The van der Waals surface area contributed by atoms with Crippen LogP contribution in [-0.2, 0) is 32.1 Å². The molecular formula is C30H37Cl2NO6. The quantitative estimate of drug-likeness (QED) is 0.331. The Morgan fingerprint density at radius 2 is 1.64 bits per heavy atom. The molecule has 0 bridgehead atoms. The van der Waals surface area contributed by atoms with Crippen LogP contribution in [-0.4, -0.2) is 34.6 Å². The molecule has 212 valence electrons. The van der Waals surface area contributed by atoms with Gasteiger partial charge >= 0.3 is 11.9 Å². The Morgan fingerprint density at radius 3 is 2.18 bits per heavy atom. The van der Waals surface area contributed by atoms with Gasteiger partial charge in [0.25, 0.3) is 0 Å². The molecule has 2 aromatic carbocycles. The van der Waals surface area contributed by atoms with Gasteiger partial charge in [0.05, 0.1) is 5.41 Å². The largest absolute Gasteiger partial charge is 0.489 e. The summed E-state index contributed by atoms with van der Waals surface area (Å²) in [5, 5.41) is 13.6. The van der Waals surface area contributed by atoms with E-state index in [-0.39, 0.29) is 24.9 Å². The van der Waals surface area contributed by atoms with Gasteiger partial charge in [-0.3, -0.25) is 9.59 Å². The molecule has 9 heteroatoms. The smallest absolute Gasteiger partial charge is 0.326 e. The standard InChI is InChI=1S/C30H37Cl2NO6/c1-28(2,3)39-27(37)30(6)15-14-21(29(30,4)5)25(34)33-24(26(35)36)16-18-10-12-19(13-11-18)38-17-20-22(31)8-7-9-23(20)32/h7-13,21,24H,14-17H2,1-6H3,(H,33,34)(H,35,36)/t21-,24+,30+/m1/s1. The third kappa shape index (κ3) is 7.06. The minimum atomic E-state index is -1.14.